The number of nitro groups is 1. The monoisotopic (exact) mass is 526 g/mol. The number of carbonyl (C=O) groups excluding carboxylic acids is 2. The molecule has 2 aromatic rings. The Hall–Kier alpha value is -3.50. The highest BCUT2D eigenvalue weighted by Crippen LogP contribution is 2.41. The smallest absolute Gasteiger partial charge is 0.336 e. The Kier molecular flexibility index (Phi) is 9.99. The van der Waals surface area contributed by atoms with E-state index in [2.05, 4.69) is 4.99 Å². The van der Waals surface area contributed by atoms with E-state index in [0.29, 0.717) is 22.7 Å². The molecule has 0 aromatic heterocycles. The molecule has 1 aliphatic rings. The van der Waals surface area contributed by atoms with Crippen LogP contribution in [0.2, 0.25) is 0 Å². The number of esters is 2. The third-order valence-electron chi connectivity index (χ3n) is 6.08. The van der Waals surface area contributed by atoms with Gasteiger partial charge >= 0.3 is 11.9 Å². The largest absolute Gasteiger partial charge is 0.468 e. The quantitative estimate of drug-likeness (QED) is 0.149. The number of carbonyl (C=O) groups is 2. The average molecular weight is 527 g/mol. The van der Waals surface area contributed by atoms with Crippen LogP contribution in [0.4, 0.5) is 5.69 Å². The molecule has 37 heavy (non-hydrogen) atoms. The van der Waals surface area contributed by atoms with Crippen molar-refractivity contribution in [1.82, 2.24) is 0 Å². The second-order valence-electron chi connectivity index (χ2n) is 8.54. The number of benzene rings is 2. The molecule has 1 heterocycles. The second kappa shape index (κ2) is 13.2. The lowest BCUT2D eigenvalue weighted by molar-refractivity contribution is -0.384. The topological polar surface area (TPSA) is 128 Å². The zero-order chi connectivity index (χ0) is 26.9. The maximum atomic E-state index is 13.3. The van der Waals surface area contributed by atoms with Crippen LogP contribution in [0.5, 0.6) is 0 Å². The van der Waals surface area contributed by atoms with E-state index < -0.39 is 28.7 Å². The van der Waals surface area contributed by atoms with Crippen molar-refractivity contribution in [2.24, 2.45) is 10.9 Å². The fourth-order valence-corrected chi connectivity index (χ4v) is 5.06. The fourth-order valence-electron chi connectivity index (χ4n) is 4.33. The van der Waals surface area contributed by atoms with Crippen LogP contribution in [-0.4, -0.2) is 53.8 Å². The van der Waals surface area contributed by atoms with E-state index in [4.69, 9.17) is 14.6 Å². The summed E-state index contributed by atoms with van der Waals surface area (Å²) >= 11 is 1.53. The van der Waals surface area contributed by atoms with Gasteiger partial charge in [0.2, 0.25) is 0 Å². The van der Waals surface area contributed by atoms with Gasteiger partial charge in [0.25, 0.3) is 5.69 Å². The van der Waals surface area contributed by atoms with Gasteiger partial charge in [-0.25, -0.2) is 4.79 Å². The Balaban J connectivity index is 1.77. The maximum Gasteiger partial charge on any atom is 0.336 e. The number of non-ortho nitro benzene ring substituents is 1. The van der Waals surface area contributed by atoms with E-state index in [9.17, 15) is 19.7 Å². The van der Waals surface area contributed by atoms with E-state index in [1.165, 1.54) is 37.1 Å². The molecule has 0 saturated carbocycles. The zero-order valence-electron chi connectivity index (χ0n) is 21.0. The summed E-state index contributed by atoms with van der Waals surface area (Å²) in [5.74, 6) is -2.46. The molecule has 2 aromatic carbocycles. The first-order chi connectivity index (χ1) is 17.8. The first-order valence-electron chi connectivity index (χ1n) is 11.8. The summed E-state index contributed by atoms with van der Waals surface area (Å²) in [5, 5.41) is 20.3. The SMILES string of the molecule is COC(=O)C1C(C)=NC(C)=C(C(=O)OCCSc2ccc(CCCO)cc2)C1c1cccc([N+](=O)[O-])c1. The number of thioether (sulfide) groups is 1. The Morgan fingerprint density at radius 2 is 1.89 bits per heavy atom. The van der Waals surface area contributed by atoms with Crippen LogP contribution in [0.15, 0.2) is 69.7 Å². The number of allylic oxidation sites excluding steroid dienone is 1. The van der Waals surface area contributed by atoms with Crippen molar-refractivity contribution in [3.05, 3.63) is 81.0 Å². The molecule has 0 fully saturated rings. The molecule has 0 spiro atoms. The van der Waals surface area contributed by atoms with Gasteiger partial charge in [-0.15, -0.1) is 11.8 Å². The molecule has 0 amide bonds. The van der Waals surface area contributed by atoms with Gasteiger partial charge in [-0.3, -0.25) is 19.9 Å². The van der Waals surface area contributed by atoms with E-state index in [0.717, 1.165) is 23.3 Å². The molecule has 0 bridgehead atoms. The van der Waals surface area contributed by atoms with Crippen molar-refractivity contribution in [3.8, 4) is 0 Å². The highest BCUT2D eigenvalue weighted by Gasteiger charge is 2.42. The van der Waals surface area contributed by atoms with Crippen LogP contribution in [0, 0.1) is 16.0 Å². The lowest BCUT2D eigenvalue weighted by Crippen LogP contribution is -2.36. The first kappa shape index (κ1) is 28.1. The zero-order valence-corrected chi connectivity index (χ0v) is 21.8. The van der Waals surface area contributed by atoms with Gasteiger partial charge in [-0.2, -0.15) is 0 Å². The Morgan fingerprint density at radius 1 is 1.16 bits per heavy atom. The number of rotatable bonds is 11. The average Bonchev–Trinajstić information content (AvgIpc) is 2.89. The number of aliphatic imine (C=N–C) groups is 1. The third-order valence-corrected chi connectivity index (χ3v) is 7.05. The van der Waals surface area contributed by atoms with Crippen LogP contribution in [0.25, 0.3) is 0 Å². The standard InChI is InChI=1S/C27H30N2O7S/c1-17-23(26(31)35-3)25(20-7-4-8-21(16-20)29(33)34)24(18(2)28-17)27(32)36-14-15-37-22-11-9-19(10-12-22)6-5-13-30/h4,7-12,16,23,25,30H,5-6,13-15H2,1-3H3. The minimum atomic E-state index is -0.919. The first-order valence-corrected chi connectivity index (χ1v) is 12.8. The van der Waals surface area contributed by atoms with Crippen LogP contribution in [-0.2, 0) is 25.5 Å². The summed E-state index contributed by atoms with van der Waals surface area (Å²) in [6.07, 6.45) is 1.53. The van der Waals surface area contributed by atoms with Gasteiger partial charge in [-0.05, 0) is 49.9 Å². The number of ether oxygens (including phenoxy) is 2. The minimum absolute atomic E-state index is 0.125. The van der Waals surface area contributed by atoms with E-state index >= 15 is 0 Å². The molecule has 10 heteroatoms. The van der Waals surface area contributed by atoms with E-state index in [1.807, 2.05) is 24.3 Å². The number of aliphatic hydroxyl groups excluding tert-OH is 1. The van der Waals surface area contributed by atoms with Crippen molar-refractivity contribution in [1.29, 1.82) is 0 Å². The van der Waals surface area contributed by atoms with Crippen LogP contribution in [0.1, 0.15) is 37.3 Å². The maximum absolute atomic E-state index is 13.3. The molecule has 1 aliphatic heterocycles. The number of aryl methyl sites for hydroxylation is 1. The van der Waals surface area contributed by atoms with Gasteiger partial charge in [0, 0.05) is 46.7 Å². The normalized spacial score (nSPS) is 17.2. The van der Waals surface area contributed by atoms with E-state index in [-0.39, 0.29) is 24.5 Å². The molecular formula is C27H30N2O7S. The second-order valence-corrected chi connectivity index (χ2v) is 9.71. The molecule has 196 valence electrons. The number of nitro benzene ring substituents is 1. The fraction of sp³-hybridized carbons (Fsp3) is 0.370. The van der Waals surface area contributed by atoms with Crippen molar-refractivity contribution < 1.29 is 29.1 Å². The van der Waals surface area contributed by atoms with Crippen molar-refractivity contribution in [2.45, 2.75) is 37.5 Å². The summed E-state index contributed by atoms with van der Waals surface area (Å²) < 4.78 is 10.6. The summed E-state index contributed by atoms with van der Waals surface area (Å²) in [7, 11) is 1.25. The van der Waals surface area contributed by atoms with Gasteiger partial charge in [0.1, 0.15) is 12.5 Å². The summed E-state index contributed by atoms with van der Waals surface area (Å²) in [6.45, 7) is 3.61. The Morgan fingerprint density at radius 3 is 2.54 bits per heavy atom. The van der Waals surface area contributed by atoms with Gasteiger partial charge in [0.15, 0.2) is 0 Å². The number of methoxy groups -OCH3 is 1. The minimum Gasteiger partial charge on any atom is -0.468 e. The van der Waals surface area contributed by atoms with Crippen molar-refractivity contribution in [2.75, 3.05) is 26.1 Å². The number of hydrogen-bond acceptors (Lipinski definition) is 9. The molecule has 0 aliphatic carbocycles. The lowest BCUT2D eigenvalue weighted by Gasteiger charge is -2.31. The van der Waals surface area contributed by atoms with Crippen molar-refractivity contribution in [3.63, 3.8) is 0 Å². The third kappa shape index (κ3) is 7.05. The van der Waals surface area contributed by atoms with E-state index in [1.54, 1.807) is 19.9 Å². The van der Waals surface area contributed by atoms with Gasteiger partial charge in [-0.1, -0.05) is 24.3 Å². The molecule has 1 N–H and O–H groups in total. The predicted molar refractivity (Wildman–Crippen MR) is 141 cm³/mol. The summed E-state index contributed by atoms with van der Waals surface area (Å²) in [4.78, 5) is 42.3. The predicted octanol–water partition coefficient (Wildman–Crippen LogP) is 4.48. The Labute approximate surface area is 219 Å². The molecular weight excluding hydrogens is 496 g/mol. The summed E-state index contributed by atoms with van der Waals surface area (Å²) in [6, 6.07) is 13.9. The lowest BCUT2D eigenvalue weighted by atomic mass is 9.75. The summed E-state index contributed by atoms with van der Waals surface area (Å²) in [5.41, 5.74) is 2.46. The number of nitrogens with zero attached hydrogens (tertiary/aromatic N) is 2. The highest BCUT2D eigenvalue weighted by atomic mass is 32.2. The van der Waals surface area contributed by atoms with Gasteiger partial charge in [0.05, 0.1) is 17.6 Å². The van der Waals surface area contributed by atoms with Crippen LogP contribution >= 0.6 is 11.8 Å². The molecule has 0 radical (unpaired) electrons. The van der Waals surface area contributed by atoms with Gasteiger partial charge < -0.3 is 14.6 Å². The molecule has 2 unspecified atom stereocenters. The molecule has 0 saturated heterocycles. The number of aliphatic hydroxyl groups is 1. The van der Waals surface area contributed by atoms with Crippen LogP contribution in [0.3, 0.4) is 0 Å². The van der Waals surface area contributed by atoms with Crippen molar-refractivity contribution >= 4 is 35.1 Å². The molecule has 9 nitrogen and oxygen atoms in total. The number of hydrogen-bond donors (Lipinski definition) is 1. The molecule has 2 atom stereocenters. The Bertz CT molecular complexity index is 1210. The van der Waals surface area contributed by atoms with Crippen LogP contribution < -0.4 is 0 Å². The molecule has 3 rings (SSSR count). The highest BCUT2D eigenvalue weighted by molar-refractivity contribution is 7.99.